The minimum atomic E-state index is -0.573. The molecule has 0 aromatic carbocycles. The van der Waals surface area contributed by atoms with Gasteiger partial charge in [0.25, 0.3) is 0 Å². The van der Waals surface area contributed by atoms with Gasteiger partial charge in [0.05, 0.1) is 23.8 Å². The van der Waals surface area contributed by atoms with Crippen molar-refractivity contribution < 1.29 is 14.3 Å². The summed E-state index contributed by atoms with van der Waals surface area (Å²) in [4.78, 5) is 22.0. The second-order valence-corrected chi connectivity index (χ2v) is 3.88. The van der Waals surface area contributed by atoms with Crippen molar-refractivity contribution in [2.75, 3.05) is 6.61 Å². The fraction of sp³-hybridized carbons (Fsp3) is 0.462. The van der Waals surface area contributed by atoms with Gasteiger partial charge in [-0.1, -0.05) is 19.8 Å². The Bertz CT molecular complexity index is 389. The quantitative estimate of drug-likeness (QED) is 0.443. The predicted octanol–water partition coefficient (Wildman–Crippen LogP) is 1.30. The Morgan fingerprint density at radius 2 is 2.24 bits per heavy atom. The molecular formula is C13H17NO3. The lowest BCUT2D eigenvalue weighted by Gasteiger charge is -2.12. The average Bonchev–Trinajstić information content (AvgIpc) is 2.34. The first-order valence-corrected chi connectivity index (χ1v) is 5.76. The number of carbonyl (C=O) groups excluding carboxylic acids is 2. The van der Waals surface area contributed by atoms with E-state index in [0.29, 0.717) is 17.8 Å². The van der Waals surface area contributed by atoms with Crippen LogP contribution in [0.4, 0.5) is 0 Å². The van der Waals surface area contributed by atoms with Gasteiger partial charge in [0, 0.05) is 0 Å². The largest absolute Gasteiger partial charge is 0.462 e. The molecule has 0 saturated carbocycles. The third-order valence-electron chi connectivity index (χ3n) is 2.50. The molecule has 0 bridgehead atoms. The van der Waals surface area contributed by atoms with E-state index in [1.54, 1.807) is 5.94 Å². The Morgan fingerprint density at radius 3 is 2.82 bits per heavy atom. The smallest absolute Gasteiger partial charge is 0.337 e. The van der Waals surface area contributed by atoms with Crippen LogP contribution in [0.15, 0.2) is 29.4 Å². The molecule has 1 aliphatic rings. The number of hydrogen-bond acceptors (Lipinski definition) is 4. The first-order chi connectivity index (χ1) is 8.19. The van der Waals surface area contributed by atoms with Crippen LogP contribution in [0.5, 0.6) is 0 Å². The van der Waals surface area contributed by atoms with E-state index < -0.39 is 12.0 Å². The average molecular weight is 235 g/mol. The second kappa shape index (κ2) is 6.84. The van der Waals surface area contributed by atoms with Crippen LogP contribution >= 0.6 is 0 Å². The van der Waals surface area contributed by atoms with Gasteiger partial charge in [0.1, 0.15) is 5.94 Å². The van der Waals surface area contributed by atoms with Crippen LogP contribution in [-0.2, 0) is 14.3 Å². The molecular weight excluding hydrogens is 218 g/mol. The molecule has 0 aromatic rings. The van der Waals surface area contributed by atoms with Gasteiger partial charge in [-0.3, -0.25) is 0 Å². The Hall–Kier alpha value is -1.64. The molecule has 2 N–H and O–H groups in total. The lowest BCUT2D eigenvalue weighted by molar-refractivity contribution is -0.138. The van der Waals surface area contributed by atoms with Crippen LogP contribution in [0.1, 0.15) is 26.2 Å². The summed E-state index contributed by atoms with van der Waals surface area (Å²) in [7, 11) is 0. The lowest BCUT2D eigenvalue weighted by Crippen LogP contribution is -2.24. The van der Waals surface area contributed by atoms with Crippen molar-refractivity contribution in [3.63, 3.8) is 0 Å². The molecule has 1 rings (SSSR count). The summed E-state index contributed by atoms with van der Waals surface area (Å²) in [5, 5.41) is 0. The normalized spacial score (nSPS) is 18.6. The lowest BCUT2D eigenvalue weighted by atomic mass is 9.99. The Kier molecular flexibility index (Phi) is 5.40. The molecule has 92 valence electrons. The minimum absolute atomic E-state index is 0.340. The zero-order chi connectivity index (χ0) is 12.7. The maximum Gasteiger partial charge on any atom is 0.337 e. The Labute approximate surface area is 101 Å². The molecule has 0 fully saturated rings. The highest BCUT2D eigenvalue weighted by Crippen LogP contribution is 2.14. The van der Waals surface area contributed by atoms with Gasteiger partial charge in [-0.15, -0.1) is 0 Å². The summed E-state index contributed by atoms with van der Waals surface area (Å²) in [6, 6.07) is -0.573. The van der Waals surface area contributed by atoms with Gasteiger partial charge >= 0.3 is 5.97 Å². The van der Waals surface area contributed by atoms with Crippen molar-refractivity contribution in [3.8, 4) is 0 Å². The molecule has 0 amide bonds. The van der Waals surface area contributed by atoms with Crippen molar-refractivity contribution in [1.29, 1.82) is 0 Å². The van der Waals surface area contributed by atoms with E-state index in [4.69, 9.17) is 10.5 Å². The zero-order valence-electron chi connectivity index (χ0n) is 9.94. The molecule has 0 heterocycles. The standard InChI is InChI=1S/C13H17NO3/c1-2-3-4-7-17-13(16)10-5-6-11(9-15)12(14)8-10/h5-6,8,12H,2-4,7,14H2,1H3. The van der Waals surface area contributed by atoms with Crippen LogP contribution in [0, 0.1) is 0 Å². The molecule has 0 aliphatic heterocycles. The topological polar surface area (TPSA) is 69.4 Å². The summed E-state index contributed by atoms with van der Waals surface area (Å²) >= 11 is 0. The van der Waals surface area contributed by atoms with Gasteiger partial charge in [0.15, 0.2) is 0 Å². The number of unbranched alkanes of at least 4 members (excludes halogenated alkanes) is 2. The monoisotopic (exact) mass is 235 g/mol. The molecule has 0 radical (unpaired) electrons. The van der Waals surface area contributed by atoms with E-state index in [9.17, 15) is 9.59 Å². The summed E-state index contributed by atoms with van der Waals surface area (Å²) in [5.41, 5.74) is 6.40. The van der Waals surface area contributed by atoms with E-state index in [1.165, 1.54) is 18.2 Å². The first kappa shape index (κ1) is 13.4. The fourth-order valence-corrected chi connectivity index (χ4v) is 1.47. The molecule has 1 atom stereocenters. The number of hydrogen-bond donors (Lipinski definition) is 1. The highest BCUT2D eigenvalue weighted by Gasteiger charge is 2.16. The van der Waals surface area contributed by atoms with E-state index in [-0.39, 0.29) is 0 Å². The number of ether oxygens (including phenoxy) is 1. The van der Waals surface area contributed by atoms with Gasteiger partial charge in [-0.2, -0.15) is 0 Å². The van der Waals surface area contributed by atoms with Crippen LogP contribution in [0.3, 0.4) is 0 Å². The summed E-state index contributed by atoms with van der Waals surface area (Å²) in [5.74, 6) is 1.34. The number of carbonyl (C=O) groups is 1. The summed E-state index contributed by atoms with van der Waals surface area (Å²) in [6.45, 7) is 2.50. The van der Waals surface area contributed by atoms with Gasteiger partial charge in [-0.05, 0) is 24.6 Å². The summed E-state index contributed by atoms with van der Waals surface area (Å²) in [6.07, 6.45) is 7.54. The highest BCUT2D eigenvalue weighted by molar-refractivity contribution is 5.93. The van der Waals surface area contributed by atoms with Crippen molar-refractivity contribution in [3.05, 3.63) is 29.4 Å². The van der Waals surface area contributed by atoms with Gasteiger partial charge in [0.2, 0.25) is 0 Å². The summed E-state index contributed by atoms with van der Waals surface area (Å²) < 4.78 is 5.08. The molecule has 1 aliphatic carbocycles. The molecule has 4 nitrogen and oxygen atoms in total. The third-order valence-corrected chi connectivity index (χ3v) is 2.50. The highest BCUT2D eigenvalue weighted by atomic mass is 16.5. The third kappa shape index (κ3) is 4.02. The van der Waals surface area contributed by atoms with Crippen LogP contribution in [0.25, 0.3) is 0 Å². The predicted molar refractivity (Wildman–Crippen MR) is 64.9 cm³/mol. The van der Waals surface area contributed by atoms with E-state index in [0.717, 1.165) is 19.3 Å². The van der Waals surface area contributed by atoms with Crippen molar-refractivity contribution in [1.82, 2.24) is 0 Å². The Morgan fingerprint density at radius 1 is 1.47 bits per heavy atom. The minimum Gasteiger partial charge on any atom is -0.462 e. The SMILES string of the molecule is CCCCCOC(=O)C1=CC(N)C(=C=O)C=C1. The zero-order valence-corrected chi connectivity index (χ0v) is 9.94. The number of nitrogens with two attached hydrogens (primary N) is 1. The van der Waals surface area contributed by atoms with Gasteiger partial charge < -0.3 is 10.5 Å². The van der Waals surface area contributed by atoms with Crippen molar-refractivity contribution in [2.24, 2.45) is 5.73 Å². The fourth-order valence-electron chi connectivity index (χ4n) is 1.47. The molecule has 0 saturated heterocycles. The molecule has 0 aromatic heterocycles. The van der Waals surface area contributed by atoms with E-state index in [1.807, 2.05) is 0 Å². The maximum absolute atomic E-state index is 11.6. The molecule has 17 heavy (non-hydrogen) atoms. The number of esters is 1. The van der Waals surface area contributed by atoms with Crippen LogP contribution in [0.2, 0.25) is 0 Å². The van der Waals surface area contributed by atoms with Gasteiger partial charge in [-0.25, -0.2) is 9.59 Å². The van der Waals surface area contributed by atoms with E-state index in [2.05, 4.69) is 6.92 Å². The molecule has 4 heteroatoms. The molecule has 0 spiro atoms. The molecule has 1 unspecified atom stereocenters. The van der Waals surface area contributed by atoms with Crippen molar-refractivity contribution >= 4 is 11.9 Å². The van der Waals surface area contributed by atoms with Crippen LogP contribution < -0.4 is 5.73 Å². The second-order valence-electron chi connectivity index (χ2n) is 3.88. The maximum atomic E-state index is 11.6. The Balaban J connectivity index is 2.49. The van der Waals surface area contributed by atoms with Crippen molar-refractivity contribution in [2.45, 2.75) is 32.2 Å². The first-order valence-electron chi connectivity index (χ1n) is 5.76. The number of rotatable bonds is 5. The van der Waals surface area contributed by atoms with Crippen LogP contribution in [-0.4, -0.2) is 24.6 Å². The van der Waals surface area contributed by atoms with E-state index >= 15 is 0 Å².